The minimum absolute atomic E-state index is 0.191. The number of aromatic amines is 1. The molecule has 0 aliphatic carbocycles. The number of aromatic nitrogens is 4. The van der Waals surface area contributed by atoms with Gasteiger partial charge >= 0.3 is 6.01 Å². The average molecular weight is 328 g/mol. The van der Waals surface area contributed by atoms with Crippen LogP contribution in [-0.2, 0) is 5.60 Å². The monoisotopic (exact) mass is 328 g/mol. The Morgan fingerprint density at radius 1 is 0.640 bits per heavy atom. The number of H-pyrrole nitrogens is 1. The minimum atomic E-state index is -0.881. The maximum atomic E-state index is 6.38. The maximum Gasteiger partial charge on any atom is 0.357 e. The maximum absolute atomic E-state index is 6.38. The second-order valence-electron chi connectivity index (χ2n) is 5.58. The molecule has 1 N–H and O–H groups in total. The highest BCUT2D eigenvalue weighted by atomic mass is 16.5. The van der Waals surface area contributed by atoms with Crippen molar-refractivity contribution in [2.45, 2.75) is 5.60 Å². The van der Waals surface area contributed by atoms with Crippen LogP contribution in [0.25, 0.3) is 0 Å². The Kier molecular flexibility index (Phi) is 3.96. The van der Waals surface area contributed by atoms with Crippen LogP contribution in [-0.4, -0.2) is 20.6 Å². The minimum Gasteiger partial charge on any atom is -0.440 e. The lowest BCUT2D eigenvalue weighted by Gasteiger charge is -2.34. The zero-order valence-electron chi connectivity index (χ0n) is 13.4. The number of ether oxygens (including phenoxy) is 1. The van der Waals surface area contributed by atoms with Crippen LogP contribution in [0.5, 0.6) is 6.01 Å². The summed E-state index contributed by atoms with van der Waals surface area (Å²) in [6, 6.07) is 30.4. The first-order chi connectivity index (χ1) is 12.4. The van der Waals surface area contributed by atoms with E-state index in [4.69, 9.17) is 4.74 Å². The molecule has 0 spiro atoms. The summed E-state index contributed by atoms with van der Waals surface area (Å²) in [7, 11) is 0. The molecular weight excluding hydrogens is 312 g/mol. The second kappa shape index (κ2) is 6.57. The number of nitrogens with zero attached hydrogens (tertiary/aromatic N) is 3. The van der Waals surface area contributed by atoms with Gasteiger partial charge in [0.05, 0.1) is 0 Å². The topological polar surface area (TPSA) is 63.7 Å². The highest BCUT2D eigenvalue weighted by molar-refractivity contribution is 5.48. The van der Waals surface area contributed by atoms with E-state index in [1.165, 1.54) is 0 Å². The van der Waals surface area contributed by atoms with E-state index in [1.54, 1.807) is 0 Å². The quantitative estimate of drug-likeness (QED) is 0.569. The first-order valence-electron chi connectivity index (χ1n) is 7.98. The Hall–Kier alpha value is -3.47. The van der Waals surface area contributed by atoms with Gasteiger partial charge in [-0.2, -0.15) is 5.21 Å². The van der Waals surface area contributed by atoms with Crippen molar-refractivity contribution in [2.24, 2.45) is 0 Å². The number of nitrogens with one attached hydrogen (secondary N) is 1. The molecule has 1 heterocycles. The van der Waals surface area contributed by atoms with Gasteiger partial charge in [0.2, 0.25) is 0 Å². The Bertz CT molecular complexity index is 813. The van der Waals surface area contributed by atoms with Gasteiger partial charge in [-0.1, -0.05) is 101 Å². The summed E-state index contributed by atoms with van der Waals surface area (Å²) < 4.78 is 6.38. The molecule has 5 nitrogen and oxygen atoms in total. The third kappa shape index (κ3) is 2.76. The second-order valence-corrected chi connectivity index (χ2v) is 5.58. The van der Waals surface area contributed by atoms with Crippen molar-refractivity contribution in [2.75, 3.05) is 0 Å². The van der Waals surface area contributed by atoms with E-state index in [-0.39, 0.29) is 6.01 Å². The van der Waals surface area contributed by atoms with Crippen molar-refractivity contribution in [1.29, 1.82) is 0 Å². The summed E-state index contributed by atoms with van der Waals surface area (Å²) in [5.74, 6) is 0. The number of hydrogen-bond acceptors (Lipinski definition) is 4. The lowest BCUT2D eigenvalue weighted by Crippen LogP contribution is -2.36. The molecule has 3 aromatic carbocycles. The van der Waals surface area contributed by atoms with Gasteiger partial charge in [0.15, 0.2) is 5.60 Å². The van der Waals surface area contributed by atoms with Crippen molar-refractivity contribution in [3.05, 3.63) is 108 Å². The summed E-state index contributed by atoms with van der Waals surface area (Å²) in [6.45, 7) is 0. The van der Waals surface area contributed by atoms with Gasteiger partial charge in [0.1, 0.15) is 0 Å². The zero-order chi connectivity index (χ0) is 17.0. The van der Waals surface area contributed by atoms with Crippen LogP contribution in [0.2, 0.25) is 0 Å². The fourth-order valence-electron chi connectivity index (χ4n) is 3.03. The fourth-order valence-corrected chi connectivity index (χ4v) is 3.03. The van der Waals surface area contributed by atoms with Crippen LogP contribution in [0.15, 0.2) is 91.0 Å². The lowest BCUT2D eigenvalue weighted by atomic mass is 9.80. The Balaban J connectivity index is 2.01. The molecule has 0 aliphatic rings. The largest absolute Gasteiger partial charge is 0.440 e. The van der Waals surface area contributed by atoms with Crippen molar-refractivity contribution >= 4 is 0 Å². The third-order valence-electron chi connectivity index (χ3n) is 4.11. The summed E-state index contributed by atoms with van der Waals surface area (Å²) in [5, 5.41) is 14.1. The van der Waals surface area contributed by atoms with Crippen LogP contribution >= 0.6 is 0 Å². The highest BCUT2D eigenvalue weighted by Gasteiger charge is 2.40. The standard InChI is InChI=1S/C20H16N4O/c1-4-10-16(11-5-1)20(17-12-6-2-7-13-17,18-14-8-3-9-15-18)25-19-21-23-24-22-19/h1-15H,(H,21,22,23,24). The molecule has 0 fully saturated rings. The summed E-state index contributed by atoms with van der Waals surface area (Å²) in [4.78, 5) is 0. The molecule has 0 atom stereocenters. The molecule has 0 unspecified atom stereocenters. The highest BCUT2D eigenvalue weighted by Crippen LogP contribution is 2.39. The van der Waals surface area contributed by atoms with Gasteiger partial charge in [-0.05, 0) is 5.21 Å². The van der Waals surface area contributed by atoms with Gasteiger partial charge in [0.25, 0.3) is 0 Å². The third-order valence-corrected chi connectivity index (χ3v) is 4.11. The molecule has 25 heavy (non-hydrogen) atoms. The van der Waals surface area contributed by atoms with E-state index in [9.17, 15) is 0 Å². The SMILES string of the molecule is c1ccc(C(Oc2nn[nH]n2)(c2ccccc2)c2ccccc2)cc1. The van der Waals surface area contributed by atoms with Gasteiger partial charge in [-0.25, -0.2) is 0 Å². The fraction of sp³-hybridized carbons (Fsp3) is 0.0500. The van der Waals surface area contributed by atoms with E-state index in [0.29, 0.717) is 0 Å². The first kappa shape index (κ1) is 15.1. The van der Waals surface area contributed by atoms with E-state index in [1.807, 2.05) is 91.0 Å². The number of hydrogen-bond donors (Lipinski definition) is 1. The molecule has 1 aromatic heterocycles. The van der Waals surface area contributed by atoms with Gasteiger partial charge in [0, 0.05) is 16.7 Å². The van der Waals surface area contributed by atoms with Crippen LogP contribution in [0, 0.1) is 0 Å². The van der Waals surface area contributed by atoms with Crippen molar-refractivity contribution in [1.82, 2.24) is 20.6 Å². The van der Waals surface area contributed by atoms with Crippen molar-refractivity contribution < 1.29 is 4.74 Å². The molecule has 0 radical (unpaired) electrons. The van der Waals surface area contributed by atoms with Crippen LogP contribution in [0.4, 0.5) is 0 Å². The van der Waals surface area contributed by atoms with E-state index >= 15 is 0 Å². The Morgan fingerprint density at radius 2 is 1.08 bits per heavy atom. The molecule has 0 aliphatic heterocycles. The van der Waals surface area contributed by atoms with Crippen LogP contribution in [0.1, 0.15) is 16.7 Å². The molecular formula is C20H16N4O. The van der Waals surface area contributed by atoms with E-state index in [2.05, 4.69) is 20.6 Å². The zero-order valence-corrected chi connectivity index (χ0v) is 13.4. The summed E-state index contributed by atoms with van der Waals surface area (Å²) in [5.41, 5.74) is 2.07. The van der Waals surface area contributed by atoms with Crippen LogP contribution < -0.4 is 4.74 Å². The molecule has 4 aromatic rings. The molecule has 0 saturated heterocycles. The average Bonchev–Trinajstić information content (AvgIpc) is 3.21. The molecule has 0 amide bonds. The van der Waals surface area contributed by atoms with Gasteiger partial charge < -0.3 is 4.74 Å². The van der Waals surface area contributed by atoms with E-state index < -0.39 is 5.60 Å². The van der Waals surface area contributed by atoms with Crippen molar-refractivity contribution in [3.63, 3.8) is 0 Å². The normalized spacial score (nSPS) is 11.2. The Morgan fingerprint density at radius 3 is 1.44 bits per heavy atom. The smallest absolute Gasteiger partial charge is 0.357 e. The number of rotatable bonds is 5. The molecule has 5 heteroatoms. The Labute approximate surface area is 145 Å². The van der Waals surface area contributed by atoms with Crippen molar-refractivity contribution in [3.8, 4) is 6.01 Å². The van der Waals surface area contributed by atoms with Crippen LogP contribution in [0.3, 0.4) is 0 Å². The predicted molar refractivity (Wildman–Crippen MR) is 94.0 cm³/mol. The van der Waals surface area contributed by atoms with E-state index in [0.717, 1.165) is 16.7 Å². The molecule has 4 rings (SSSR count). The number of tetrazole rings is 1. The van der Waals surface area contributed by atoms with Gasteiger partial charge in [-0.15, -0.1) is 0 Å². The van der Waals surface area contributed by atoms with Gasteiger partial charge in [-0.3, -0.25) is 0 Å². The molecule has 122 valence electrons. The molecule has 0 bridgehead atoms. The first-order valence-corrected chi connectivity index (χ1v) is 7.98. The summed E-state index contributed by atoms with van der Waals surface area (Å²) in [6.07, 6.45) is 0. The molecule has 0 saturated carbocycles. The predicted octanol–water partition coefficient (Wildman–Crippen LogP) is 3.57. The number of benzene rings is 3. The summed E-state index contributed by atoms with van der Waals surface area (Å²) >= 11 is 0. The lowest BCUT2D eigenvalue weighted by molar-refractivity contribution is 0.140.